The van der Waals surface area contributed by atoms with E-state index < -0.39 is 6.43 Å². The molecule has 4 heteroatoms. The van der Waals surface area contributed by atoms with Gasteiger partial charge in [0.05, 0.1) is 4.88 Å². The highest BCUT2D eigenvalue weighted by molar-refractivity contribution is 7.10. The Bertz CT molecular complexity index is 270. The van der Waals surface area contributed by atoms with Crippen molar-refractivity contribution in [3.05, 3.63) is 21.9 Å². The molecule has 1 nitrogen and oxygen atoms in total. The molecule has 1 unspecified atom stereocenters. The first-order chi connectivity index (χ1) is 6.02. The van der Waals surface area contributed by atoms with Gasteiger partial charge in [-0.15, -0.1) is 11.3 Å². The van der Waals surface area contributed by atoms with E-state index in [1.165, 1.54) is 6.07 Å². The van der Waals surface area contributed by atoms with Gasteiger partial charge in [-0.1, -0.05) is 13.8 Å². The van der Waals surface area contributed by atoms with E-state index in [-0.39, 0.29) is 16.8 Å². The predicted octanol–water partition coefficient (Wildman–Crippen LogP) is 3.34. The van der Waals surface area contributed by atoms with Crippen LogP contribution in [0, 0.1) is 5.92 Å². The Labute approximate surface area is 80.6 Å². The van der Waals surface area contributed by atoms with Crippen LogP contribution in [0.1, 0.15) is 36.8 Å². The lowest BCUT2D eigenvalue weighted by Gasteiger charge is -2.13. The smallest absolute Gasteiger partial charge is 0.272 e. The molecule has 0 saturated heterocycles. The Morgan fingerprint density at radius 1 is 1.38 bits per heavy atom. The monoisotopic (exact) mass is 205 g/mol. The SMILES string of the molecule is CC(C)C(N)c1csc(C(F)F)c1. The number of rotatable bonds is 3. The van der Waals surface area contributed by atoms with E-state index in [1.807, 2.05) is 13.8 Å². The minimum atomic E-state index is -2.38. The van der Waals surface area contributed by atoms with Crippen LogP contribution in [0.25, 0.3) is 0 Å². The number of hydrogen-bond donors (Lipinski definition) is 1. The van der Waals surface area contributed by atoms with E-state index in [1.54, 1.807) is 5.38 Å². The van der Waals surface area contributed by atoms with Gasteiger partial charge in [-0.05, 0) is 22.9 Å². The van der Waals surface area contributed by atoms with Crippen LogP contribution in [0.2, 0.25) is 0 Å². The molecule has 1 rings (SSSR count). The molecule has 1 heterocycles. The fourth-order valence-electron chi connectivity index (χ4n) is 1.04. The second-order valence-corrected chi connectivity index (χ2v) is 4.30. The summed E-state index contributed by atoms with van der Waals surface area (Å²) in [4.78, 5) is 0.103. The molecule has 0 amide bonds. The normalized spacial score (nSPS) is 14.1. The van der Waals surface area contributed by atoms with Crippen molar-refractivity contribution in [3.63, 3.8) is 0 Å². The molecule has 0 saturated carbocycles. The first-order valence-electron chi connectivity index (χ1n) is 4.14. The maximum absolute atomic E-state index is 12.2. The Kier molecular flexibility index (Phi) is 3.39. The van der Waals surface area contributed by atoms with Crippen LogP contribution >= 0.6 is 11.3 Å². The molecule has 0 radical (unpaired) electrons. The first kappa shape index (κ1) is 10.6. The molecule has 0 aliphatic carbocycles. The van der Waals surface area contributed by atoms with E-state index >= 15 is 0 Å². The topological polar surface area (TPSA) is 26.0 Å². The standard InChI is InChI=1S/C9H13F2NS/c1-5(2)8(12)6-3-7(9(10)11)13-4-6/h3-5,8-9H,12H2,1-2H3. The summed E-state index contributed by atoms with van der Waals surface area (Å²) < 4.78 is 24.4. The van der Waals surface area contributed by atoms with Gasteiger partial charge in [0.25, 0.3) is 6.43 Å². The summed E-state index contributed by atoms with van der Waals surface area (Å²) in [6, 6.07) is 1.36. The van der Waals surface area contributed by atoms with Gasteiger partial charge >= 0.3 is 0 Å². The molecule has 2 N–H and O–H groups in total. The van der Waals surface area contributed by atoms with Crippen LogP contribution in [0.3, 0.4) is 0 Å². The van der Waals surface area contributed by atoms with E-state index in [9.17, 15) is 8.78 Å². The Balaban J connectivity index is 2.79. The Hall–Kier alpha value is -0.480. The van der Waals surface area contributed by atoms with Crippen LogP contribution in [0.15, 0.2) is 11.4 Å². The van der Waals surface area contributed by atoms with Gasteiger partial charge in [0.1, 0.15) is 0 Å². The molecule has 74 valence electrons. The third kappa shape index (κ3) is 2.48. The van der Waals surface area contributed by atoms with Crippen molar-refractivity contribution >= 4 is 11.3 Å². The van der Waals surface area contributed by atoms with Crippen molar-refractivity contribution in [1.29, 1.82) is 0 Å². The second-order valence-electron chi connectivity index (χ2n) is 3.35. The van der Waals surface area contributed by atoms with E-state index in [0.29, 0.717) is 0 Å². The zero-order chi connectivity index (χ0) is 10.0. The number of halogens is 2. The maximum Gasteiger partial charge on any atom is 0.272 e. The summed E-state index contributed by atoms with van der Waals surface area (Å²) in [5.41, 5.74) is 6.63. The average molecular weight is 205 g/mol. The van der Waals surface area contributed by atoms with Crippen molar-refractivity contribution in [1.82, 2.24) is 0 Å². The number of hydrogen-bond acceptors (Lipinski definition) is 2. The number of thiophene rings is 1. The predicted molar refractivity (Wildman–Crippen MR) is 51.0 cm³/mol. The molecule has 0 bridgehead atoms. The van der Waals surface area contributed by atoms with Crippen molar-refractivity contribution in [2.24, 2.45) is 11.7 Å². The van der Waals surface area contributed by atoms with Gasteiger partial charge in [-0.25, -0.2) is 8.78 Å². The lowest BCUT2D eigenvalue weighted by Crippen LogP contribution is -2.15. The third-order valence-corrected chi connectivity index (χ3v) is 2.92. The minimum Gasteiger partial charge on any atom is -0.324 e. The highest BCUT2D eigenvalue weighted by Crippen LogP contribution is 2.30. The van der Waals surface area contributed by atoms with E-state index in [4.69, 9.17) is 5.73 Å². The number of nitrogens with two attached hydrogens (primary N) is 1. The largest absolute Gasteiger partial charge is 0.324 e. The van der Waals surface area contributed by atoms with Gasteiger partial charge in [-0.2, -0.15) is 0 Å². The van der Waals surface area contributed by atoms with Crippen LogP contribution in [0.5, 0.6) is 0 Å². The molecular formula is C9H13F2NS. The summed E-state index contributed by atoms with van der Waals surface area (Å²) in [6.07, 6.45) is -2.38. The molecule has 0 aromatic carbocycles. The van der Waals surface area contributed by atoms with Crippen LogP contribution in [-0.4, -0.2) is 0 Å². The quantitative estimate of drug-likeness (QED) is 0.804. The van der Waals surface area contributed by atoms with Crippen molar-refractivity contribution in [2.75, 3.05) is 0 Å². The number of alkyl halides is 2. The van der Waals surface area contributed by atoms with Crippen LogP contribution in [-0.2, 0) is 0 Å². The molecule has 13 heavy (non-hydrogen) atoms. The van der Waals surface area contributed by atoms with Gasteiger partial charge in [0, 0.05) is 6.04 Å². The van der Waals surface area contributed by atoms with E-state index in [0.717, 1.165) is 16.9 Å². The van der Waals surface area contributed by atoms with E-state index in [2.05, 4.69) is 0 Å². The van der Waals surface area contributed by atoms with Crippen molar-refractivity contribution in [3.8, 4) is 0 Å². The fraction of sp³-hybridized carbons (Fsp3) is 0.556. The second kappa shape index (κ2) is 4.15. The van der Waals surface area contributed by atoms with Crippen molar-refractivity contribution in [2.45, 2.75) is 26.3 Å². The summed E-state index contributed by atoms with van der Waals surface area (Å²) >= 11 is 1.07. The average Bonchev–Trinajstić information content (AvgIpc) is 2.50. The van der Waals surface area contributed by atoms with Crippen LogP contribution < -0.4 is 5.73 Å². The zero-order valence-electron chi connectivity index (χ0n) is 7.63. The first-order valence-corrected chi connectivity index (χ1v) is 5.02. The Morgan fingerprint density at radius 3 is 2.38 bits per heavy atom. The molecule has 1 aromatic heterocycles. The molecule has 1 aromatic rings. The third-order valence-electron chi connectivity index (χ3n) is 1.96. The molecule has 0 aliphatic heterocycles. The lowest BCUT2D eigenvalue weighted by molar-refractivity contribution is 0.155. The van der Waals surface area contributed by atoms with Gasteiger partial charge < -0.3 is 5.73 Å². The molecule has 0 aliphatic rings. The van der Waals surface area contributed by atoms with Crippen LogP contribution in [0.4, 0.5) is 8.78 Å². The molecule has 1 atom stereocenters. The summed E-state index contributed by atoms with van der Waals surface area (Å²) in [6.45, 7) is 3.95. The molecular weight excluding hydrogens is 192 g/mol. The highest BCUT2D eigenvalue weighted by atomic mass is 32.1. The Morgan fingerprint density at radius 2 is 2.00 bits per heavy atom. The molecule has 0 fully saturated rings. The maximum atomic E-state index is 12.2. The van der Waals surface area contributed by atoms with Crippen molar-refractivity contribution < 1.29 is 8.78 Å². The van der Waals surface area contributed by atoms with Gasteiger partial charge in [-0.3, -0.25) is 0 Å². The summed E-state index contributed by atoms with van der Waals surface area (Å²) in [5.74, 6) is 0.278. The highest BCUT2D eigenvalue weighted by Gasteiger charge is 2.15. The lowest BCUT2D eigenvalue weighted by atomic mass is 9.99. The zero-order valence-corrected chi connectivity index (χ0v) is 8.44. The fourth-order valence-corrected chi connectivity index (χ4v) is 1.85. The van der Waals surface area contributed by atoms with Gasteiger partial charge in [0.15, 0.2) is 0 Å². The summed E-state index contributed by atoms with van der Waals surface area (Å²) in [5, 5.41) is 1.71. The summed E-state index contributed by atoms with van der Waals surface area (Å²) in [7, 11) is 0. The van der Waals surface area contributed by atoms with Gasteiger partial charge in [0.2, 0.25) is 0 Å². The minimum absolute atomic E-state index is 0.103. The molecule has 0 spiro atoms.